The Labute approximate surface area is 237 Å². The summed E-state index contributed by atoms with van der Waals surface area (Å²) in [5, 5.41) is 4.42. The van der Waals surface area contributed by atoms with Gasteiger partial charge in [-0.05, 0) is 70.8 Å². The fourth-order valence-corrected chi connectivity index (χ4v) is 7.02. The van der Waals surface area contributed by atoms with E-state index >= 15 is 0 Å². The summed E-state index contributed by atoms with van der Waals surface area (Å²) in [4.78, 5) is 42.4. The molecule has 1 fully saturated rings. The molecule has 40 heavy (non-hydrogen) atoms. The first kappa shape index (κ1) is 24.6. The van der Waals surface area contributed by atoms with Crippen LogP contribution in [0.3, 0.4) is 0 Å². The van der Waals surface area contributed by atoms with E-state index in [0.717, 1.165) is 26.7 Å². The quantitative estimate of drug-likeness (QED) is 0.191. The van der Waals surface area contributed by atoms with Crippen LogP contribution in [-0.2, 0) is 15.0 Å². The number of hydrogen-bond donors (Lipinski definition) is 1. The Morgan fingerprint density at radius 1 is 0.850 bits per heavy atom. The minimum Gasteiger partial charge on any atom is -0.274 e. The van der Waals surface area contributed by atoms with Gasteiger partial charge in [0.05, 0.1) is 22.9 Å². The third-order valence-corrected chi connectivity index (χ3v) is 8.84. The predicted octanol–water partition coefficient (Wildman–Crippen LogP) is 5.55. The molecule has 4 aliphatic rings. The lowest BCUT2D eigenvalue weighted by atomic mass is 9.47. The number of carbonyl (C=O) groups excluding carboxylic acids is 3. The molecule has 4 aromatic carbocycles. The first-order chi connectivity index (χ1) is 19.4. The largest absolute Gasteiger partial charge is 0.274 e. The van der Waals surface area contributed by atoms with E-state index in [1.807, 2.05) is 48.5 Å². The molecule has 0 aromatic heterocycles. The van der Waals surface area contributed by atoms with Crippen molar-refractivity contribution in [3.05, 3.63) is 135 Å². The normalized spacial score (nSPS) is 24.1. The minimum atomic E-state index is -1.11. The minimum absolute atomic E-state index is 0.327. The summed E-state index contributed by atoms with van der Waals surface area (Å²) in [6.45, 7) is 0. The van der Waals surface area contributed by atoms with Crippen molar-refractivity contribution in [1.82, 2.24) is 5.43 Å². The van der Waals surface area contributed by atoms with E-state index in [-0.39, 0.29) is 17.7 Å². The number of nitrogens with zero attached hydrogens (tertiary/aromatic N) is 2. The van der Waals surface area contributed by atoms with Gasteiger partial charge in [-0.1, -0.05) is 64.5 Å². The van der Waals surface area contributed by atoms with Crippen LogP contribution in [0.1, 0.15) is 38.5 Å². The van der Waals surface area contributed by atoms with E-state index in [1.54, 1.807) is 30.5 Å². The van der Waals surface area contributed by atoms with Crippen molar-refractivity contribution in [2.24, 2.45) is 16.9 Å². The number of nitrogens with one attached hydrogen (secondary N) is 1. The molecule has 0 radical (unpaired) electrons. The van der Waals surface area contributed by atoms with E-state index in [1.165, 1.54) is 29.2 Å². The van der Waals surface area contributed by atoms with Gasteiger partial charge in [-0.3, -0.25) is 14.4 Å². The van der Waals surface area contributed by atoms with Crippen LogP contribution in [-0.4, -0.2) is 23.9 Å². The van der Waals surface area contributed by atoms with Gasteiger partial charge in [0.1, 0.15) is 5.82 Å². The number of carbonyl (C=O) groups is 3. The zero-order valence-corrected chi connectivity index (χ0v) is 22.5. The van der Waals surface area contributed by atoms with Gasteiger partial charge >= 0.3 is 0 Å². The van der Waals surface area contributed by atoms with Gasteiger partial charge in [-0.15, -0.1) is 0 Å². The monoisotopic (exact) mass is 593 g/mol. The Hall–Kier alpha value is -4.43. The summed E-state index contributed by atoms with van der Waals surface area (Å²) in [5.41, 5.74) is 5.93. The van der Waals surface area contributed by atoms with Crippen LogP contribution in [0.4, 0.5) is 10.1 Å². The highest BCUT2D eigenvalue weighted by atomic mass is 79.9. The third-order valence-electron chi connectivity index (χ3n) is 8.31. The van der Waals surface area contributed by atoms with E-state index in [9.17, 15) is 18.8 Å². The third kappa shape index (κ3) is 3.38. The summed E-state index contributed by atoms with van der Waals surface area (Å²) in [6.07, 6.45) is 1.62. The molecule has 6 nitrogen and oxygen atoms in total. The number of hydrazone groups is 1. The number of rotatable bonds is 4. The first-order valence-electron chi connectivity index (χ1n) is 12.8. The van der Waals surface area contributed by atoms with E-state index in [0.29, 0.717) is 11.3 Å². The fourth-order valence-electron chi connectivity index (χ4n) is 6.75. The first-order valence-corrected chi connectivity index (χ1v) is 13.6. The van der Waals surface area contributed by atoms with E-state index in [4.69, 9.17) is 0 Å². The Bertz CT molecular complexity index is 1690. The van der Waals surface area contributed by atoms with Gasteiger partial charge < -0.3 is 0 Å². The number of amides is 3. The number of benzene rings is 4. The second-order valence-corrected chi connectivity index (χ2v) is 11.1. The van der Waals surface area contributed by atoms with E-state index < -0.39 is 29.0 Å². The molecule has 8 rings (SSSR count). The molecule has 1 aliphatic heterocycles. The van der Waals surface area contributed by atoms with Gasteiger partial charge in [-0.25, -0.2) is 14.7 Å². The Balaban J connectivity index is 1.39. The fraction of sp³-hybridized carbons (Fsp3) is 0.125. The molecular weight excluding hydrogens is 573 g/mol. The zero-order valence-electron chi connectivity index (χ0n) is 20.9. The summed E-state index contributed by atoms with van der Waals surface area (Å²) in [7, 11) is 0. The molecular formula is C32H21BrFN3O3. The lowest BCUT2D eigenvalue weighted by molar-refractivity contribution is -0.122. The molecule has 3 amide bonds. The van der Waals surface area contributed by atoms with Crippen LogP contribution in [0.5, 0.6) is 0 Å². The molecule has 2 atom stereocenters. The van der Waals surface area contributed by atoms with Gasteiger partial charge in [-0.2, -0.15) is 5.10 Å². The standard InChI is InChI=1S/C32H21BrFN3O3/c33-19-11-9-18(10-12-19)29(38)36-35-17-32-24-7-3-1-5-22(24)26(23-6-2-4-8-25(23)32)27-28(32)31(40)37(30(27)39)21-15-13-20(34)14-16-21/h1-17,26-28H,(H,36,38)/b35-17+/t26?,27-,28-,32?/m0/s1. The molecule has 1 heterocycles. The molecule has 3 aliphatic carbocycles. The van der Waals surface area contributed by atoms with E-state index in [2.05, 4.69) is 26.5 Å². The van der Waals surface area contributed by atoms with Crippen molar-refractivity contribution < 1.29 is 18.8 Å². The molecule has 0 unspecified atom stereocenters. The van der Waals surface area contributed by atoms with Crippen LogP contribution in [0.25, 0.3) is 0 Å². The SMILES string of the molecule is O=C(N/N=C/C12c3ccccc3C(c3ccccc31)[C@@H]1C(=O)N(c3ccc(F)cc3)C(=O)[C@H]12)c1ccc(Br)cc1. The maximum atomic E-state index is 14.3. The second kappa shape index (κ2) is 9.06. The number of hydrogen-bond acceptors (Lipinski definition) is 4. The molecule has 0 saturated carbocycles. The lowest BCUT2D eigenvalue weighted by Gasteiger charge is -2.52. The van der Waals surface area contributed by atoms with Crippen LogP contribution in [0.2, 0.25) is 0 Å². The molecule has 1 saturated heterocycles. The maximum absolute atomic E-state index is 14.3. The smallest absolute Gasteiger partial charge is 0.271 e. The number of anilines is 1. The van der Waals surface area contributed by atoms with Gasteiger partial charge in [0, 0.05) is 22.2 Å². The average Bonchev–Trinajstić information content (AvgIpc) is 3.24. The van der Waals surface area contributed by atoms with Gasteiger partial charge in [0.15, 0.2) is 0 Å². The highest BCUT2D eigenvalue weighted by molar-refractivity contribution is 9.10. The van der Waals surface area contributed by atoms with Gasteiger partial charge in [0.25, 0.3) is 5.91 Å². The molecule has 8 heteroatoms. The summed E-state index contributed by atoms with van der Waals surface area (Å²) >= 11 is 3.37. The van der Waals surface area contributed by atoms with Crippen LogP contribution < -0.4 is 10.3 Å². The average molecular weight is 594 g/mol. The Kier molecular flexibility index (Phi) is 5.57. The van der Waals surface area contributed by atoms with Gasteiger partial charge in [0.2, 0.25) is 11.8 Å². The van der Waals surface area contributed by atoms with Crippen molar-refractivity contribution in [2.45, 2.75) is 11.3 Å². The number of halogens is 2. The zero-order chi connectivity index (χ0) is 27.6. The summed E-state index contributed by atoms with van der Waals surface area (Å²) in [5.74, 6) is -3.36. The highest BCUT2D eigenvalue weighted by Gasteiger charge is 2.68. The van der Waals surface area contributed by atoms with Crippen molar-refractivity contribution >= 4 is 45.6 Å². The lowest BCUT2D eigenvalue weighted by Crippen LogP contribution is -2.54. The van der Waals surface area contributed by atoms with Crippen molar-refractivity contribution in [3.63, 3.8) is 0 Å². The van der Waals surface area contributed by atoms with Crippen LogP contribution >= 0.6 is 15.9 Å². The topological polar surface area (TPSA) is 78.8 Å². The summed E-state index contributed by atoms with van der Waals surface area (Å²) < 4.78 is 14.6. The van der Waals surface area contributed by atoms with Crippen molar-refractivity contribution in [1.29, 1.82) is 0 Å². The molecule has 4 aromatic rings. The predicted molar refractivity (Wildman–Crippen MR) is 151 cm³/mol. The molecule has 1 N–H and O–H groups in total. The van der Waals surface area contributed by atoms with Crippen LogP contribution in [0.15, 0.2) is 107 Å². The summed E-state index contributed by atoms with van der Waals surface area (Å²) in [6, 6.07) is 27.9. The molecule has 196 valence electrons. The maximum Gasteiger partial charge on any atom is 0.271 e. The number of imide groups is 1. The van der Waals surface area contributed by atoms with Crippen molar-refractivity contribution in [3.8, 4) is 0 Å². The Morgan fingerprint density at radius 3 is 2.08 bits per heavy atom. The highest BCUT2D eigenvalue weighted by Crippen LogP contribution is 2.63. The van der Waals surface area contributed by atoms with Crippen LogP contribution in [0, 0.1) is 17.7 Å². The Morgan fingerprint density at radius 2 is 1.45 bits per heavy atom. The van der Waals surface area contributed by atoms with Crippen molar-refractivity contribution in [2.75, 3.05) is 4.90 Å². The molecule has 2 bridgehead atoms. The molecule has 0 spiro atoms. The second-order valence-electron chi connectivity index (χ2n) is 10.2.